The fraction of sp³-hybridized carbons (Fsp3) is 0.0714. The van der Waals surface area contributed by atoms with Crippen LogP contribution in [0.4, 0.5) is 0 Å². The number of para-hydroxylation sites is 1. The van der Waals surface area contributed by atoms with E-state index in [4.69, 9.17) is 9.47 Å². The Morgan fingerprint density at radius 3 is 2.59 bits per heavy atom. The Morgan fingerprint density at radius 1 is 1.00 bits per heavy atom. The van der Waals surface area contributed by atoms with Crippen molar-refractivity contribution in [3.63, 3.8) is 0 Å². The van der Waals surface area contributed by atoms with Crippen LogP contribution in [0, 0.1) is 0 Å². The molecule has 1 aliphatic heterocycles. The molecule has 17 heavy (non-hydrogen) atoms. The van der Waals surface area contributed by atoms with Gasteiger partial charge in [-0.1, -0.05) is 36.4 Å². The molecule has 0 atom stereocenters. The second kappa shape index (κ2) is 3.94. The minimum Gasteiger partial charge on any atom is -0.454 e. The fourth-order valence-electron chi connectivity index (χ4n) is 1.90. The molecular formula is C14H10O3. The first-order valence-electron chi connectivity index (χ1n) is 5.33. The van der Waals surface area contributed by atoms with Crippen LogP contribution in [0.5, 0.6) is 11.5 Å². The van der Waals surface area contributed by atoms with Gasteiger partial charge in [0.25, 0.3) is 0 Å². The Kier molecular flexibility index (Phi) is 2.29. The van der Waals surface area contributed by atoms with Crippen molar-refractivity contribution < 1.29 is 14.3 Å². The summed E-state index contributed by atoms with van der Waals surface area (Å²) in [7, 11) is 0. The second-order valence-electron chi connectivity index (χ2n) is 3.78. The Labute approximate surface area is 98.6 Å². The summed E-state index contributed by atoms with van der Waals surface area (Å²) in [4.78, 5) is 10.6. The molecular weight excluding hydrogens is 216 g/mol. The highest BCUT2D eigenvalue weighted by Crippen LogP contribution is 2.40. The molecule has 0 unspecified atom stereocenters. The number of hydrogen-bond acceptors (Lipinski definition) is 3. The van der Waals surface area contributed by atoms with Gasteiger partial charge in [-0.2, -0.15) is 0 Å². The van der Waals surface area contributed by atoms with E-state index in [1.807, 2.05) is 30.3 Å². The lowest BCUT2D eigenvalue weighted by molar-refractivity contribution is 0.112. The van der Waals surface area contributed by atoms with E-state index in [-0.39, 0.29) is 6.79 Å². The first kappa shape index (κ1) is 9.90. The normalized spacial score (nSPS) is 12.5. The van der Waals surface area contributed by atoms with Crippen molar-refractivity contribution in [1.29, 1.82) is 0 Å². The number of carbonyl (C=O) groups is 1. The van der Waals surface area contributed by atoms with Gasteiger partial charge in [-0.15, -0.1) is 0 Å². The zero-order valence-corrected chi connectivity index (χ0v) is 9.05. The van der Waals surface area contributed by atoms with Crippen LogP contribution in [0.25, 0.3) is 11.1 Å². The van der Waals surface area contributed by atoms with Crippen LogP contribution in [-0.4, -0.2) is 13.1 Å². The largest absolute Gasteiger partial charge is 0.454 e. The molecule has 0 amide bonds. The zero-order valence-electron chi connectivity index (χ0n) is 9.05. The number of hydrogen-bond donors (Lipinski definition) is 0. The van der Waals surface area contributed by atoms with Crippen LogP contribution >= 0.6 is 0 Å². The third kappa shape index (κ3) is 1.65. The topological polar surface area (TPSA) is 35.5 Å². The molecule has 2 aromatic rings. The molecule has 0 spiro atoms. The van der Waals surface area contributed by atoms with E-state index in [2.05, 4.69) is 0 Å². The third-order valence-corrected chi connectivity index (χ3v) is 2.75. The van der Waals surface area contributed by atoms with Crippen LogP contribution in [-0.2, 0) is 0 Å². The summed E-state index contributed by atoms with van der Waals surface area (Å²) < 4.78 is 10.8. The van der Waals surface area contributed by atoms with Crippen LogP contribution in [0.15, 0.2) is 42.5 Å². The van der Waals surface area contributed by atoms with Gasteiger partial charge >= 0.3 is 0 Å². The van der Waals surface area contributed by atoms with Crippen molar-refractivity contribution >= 4 is 6.29 Å². The number of fused-ring (bicyclic) bond motifs is 1. The fourth-order valence-corrected chi connectivity index (χ4v) is 1.90. The van der Waals surface area contributed by atoms with Crippen molar-refractivity contribution in [1.82, 2.24) is 0 Å². The van der Waals surface area contributed by atoms with E-state index in [9.17, 15) is 4.79 Å². The van der Waals surface area contributed by atoms with Crippen molar-refractivity contribution in [2.24, 2.45) is 0 Å². The molecule has 3 nitrogen and oxygen atoms in total. The van der Waals surface area contributed by atoms with E-state index in [0.29, 0.717) is 5.56 Å². The highest BCUT2D eigenvalue weighted by Gasteiger charge is 2.17. The van der Waals surface area contributed by atoms with Crippen molar-refractivity contribution in [2.75, 3.05) is 6.79 Å². The summed E-state index contributed by atoms with van der Waals surface area (Å²) >= 11 is 0. The lowest BCUT2D eigenvalue weighted by Gasteiger charge is -2.05. The highest BCUT2D eigenvalue weighted by atomic mass is 16.7. The Hall–Kier alpha value is -2.29. The van der Waals surface area contributed by atoms with E-state index in [1.54, 1.807) is 12.1 Å². The average Bonchev–Trinajstić information content (AvgIpc) is 2.87. The molecule has 3 heteroatoms. The number of benzene rings is 2. The van der Waals surface area contributed by atoms with Gasteiger partial charge in [0.2, 0.25) is 6.79 Å². The molecule has 0 radical (unpaired) electrons. The van der Waals surface area contributed by atoms with Crippen LogP contribution in [0.2, 0.25) is 0 Å². The summed E-state index contributed by atoms with van der Waals surface area (Å²) in [6, 6.07) is 13.2. The predicted molar refractivity (Wildman–Crippen MR) is 63.4 cm³/mol. The number of rotatable bonds is 2. The lowest BCUT2D eigenvalue weighted by Crippen LogP contribution is -1.93. The van der Waals surface area contributed by atoms with Crippen molar-refractivity contribution in [3.8, 4) is 22.6 Å². The maximum absolute atomic E-state index is 10.6. The maximum atomic E-state index is 10.6. The first-order chi connectivity index (χ1) is 8.38. The van der Waals surface area contributed by atoms with Gasteiger partial charge in [-0.3, -0.25) is 4.79 Å². The Bertz CT molecular complexity index is 558. The quantitative estimate of drug-likeness (QED) is 0.738. The molecule has 3 rings (SSSR count). The minimum absolute atomic E-state index is 0.263. The predicted octanol–water partition coefficient (Wildman–Crippen LogP) is 2.89. The molecule has 1 heterocycles. The first-order valence-corrected chi connectivity index (χ1v) is 5.33. The smallest absolute Gasteiger partial charge is 0.231 e. The van der Waals surface area contributed by atoms with E-state index in [0.717, 1.165) is 28.9 Å². The number of carbonyl (C=O) groups excluding carboxylic acids is 1. The van der Waals surface area contributed by atoms with E-state index >= 15 is 0 Å². The number of ether oxygens (including phenoxy) is 2. The Morgan fingerprint density at radius 2 is 1.82 bits per heavy atom. The molecule has 0 saturated heterocycles. The van der Waals surface area contributed by atoms with Crippen molar-refractivity contribution in [2.45, 2.75) is 0 Å². The highest BCUT2D eigenvalue weighted by molar-refractivity contribution is 5.79. The molecule has 1 aliphatic rings. The number of aldehydes is 1. The summed E-state index contributed by atoms with van der Waals surface area (Å²) in [6.45, 7) is 0.263. The second-order valence-corrected chi connectivity index (χ2v) is 3.78. The molecule has 0 fully saturated rings. The molecule has 0 N–H and O–H groups in total. The monoisotopic (exact) mass is 226 g/mol. The maximum Gasteiger partial charge on any atom is 0.231 e. The van der Waals surface area contributed by atoms with Crippen molar-refractivity contribution in [3.05, 3.63) is 48.0 Å². The van der Waals surface area contributed by atoms with Crippen LogP contribution < -0.4 is 9.47 Å². The SMILES string of the molecule is O=Cc1ccc(-c2cccc3c2OCO3)cc1. The molecule has 0 aromatic heterocycles. The molecule has 0 aliphatic carbocycles. The molecule has 2 aromatic carbocycles. The minimum atomic E-state index is 0.263. The summed E-state index contributed by atoms with van der Waals surface area (Å²) in [5.41, 5.74) is 2.66. The van der Waals surface area contributed by atoms with Gasteiger partial charge < -0.3 is 9.47 Å². The van der Waals surface area contributed by atoms with Gasteiger partial charge in [-0.05, 0) is 11.6 Å². The van der Waals surface area contributed by atoms with Gasteiger partial charge in [0, 0.05) is 11.1 Å². The average molecular weight is 226 g/mol. The standard InChI is InChI=1S/C14H10O3/c15-8-10-4-6-11(7-5-10)12-2-1-3-13-14(12)17-9-16-13/h1-8H,9H2. The van der Waals surface area contributed by atoms with Gasteiger partial charge in [0.1, 0.15) is 6.29 Å². The third-order valence-electron chi connectivity index (χ3n) is 2.75. The lowest BCUT2D eigenvalue weighted by atomic mass is 10.0. The van der Waals surface area contributed by atoms with Gasteiger partial charge in [0.05, 0.1) is 0 Å². The van der Waals surface area contributed by atoms with Crippen LogP contribution in [0.3, 0.4) is 0 Å². The molecule has 0 saturated carbocycles. The summed E-state index contributed by atoms with van der Waals surface area (Å²) in [6.07, 6.45) is 0.832. The van der Waals surface area contributed by atoms with Gasteiger partial charge in [0.15, 0.2) is 11.5 Å². The zero-order chi connectivity index (χ0) is 11.7. The van der Waals surface area contributed by atoms with E-state index < -0.39 is 0 Å². The van der Waals surface area contributed by atoms with Crippen LogP contribution in [0.1, 0.15) is 10.4 Å². The van der Waals surface area contributed by atoms with E-state index in [1.165, 1.54) is 0 Å². The Balaban J connectivity index is 2.09. The molecule has 0 bridgehead atoms. The summed E-state index contributed by atoms with van der Waals surface area (Å²) in [5.74, 6) is 1.54. The molecule has 84 valence electrons. The summed E-state index contributed by atoms with van der Waals surface area (Å²) in [5, 5.41) is 0. The van der Waals surface area contributed by atoms with Gasteiger partial charge in [-0.25, -0.2) is 0 Å².